The van der Waals surface area contributed by atoms with Crippen LogP contribution >= 0.6 is 0 Å². The summed E-state index contributed by atoms with van der Waals surface area (Å²) in [6, 6.07) is 5.91. The van der Waals surface area contributed by atoms with Crippen LogP contribution in [0.3, 0.4) is 0 Å². The first-order valence-corrected chi connectivity index (χ1v) is 6.55. The molecule has 2 rings (SSSR count). The summed E-state index contributed by atoms with van der Waals surface area (Å²) in [4.78, 5) is 12.0. The molecule has 0 radical (unpaired) electrons. The smallest absolute Gasteiger partial charge is 0.246 e. The maximum absolute atomic E-state index is 12.0. The lowest BCUT2D eigenvalue weighted by molar-refractivity contribution is -0.116. The Labute approximate surface area is 118 Å². The van der Waals surface area contributed by atoms with Gasteiger partial charge < -0.3 is 11.1 Å². The maximum atomic E-state index is 12.0. The Kier molecular flexibility index (Phi) is 4.47. The van der Waals surface area contributed by atoms with Crippen LogP contribution < -0.4 is 11.1 Å². The monoisotopic (exact) mass is 273 g/mol. The first kappa shape index (κ1) is 14.2. The van der Waals surface area contributed by atoms with Gasteiger partial charge in [-0.25, -0.2) is 4.68 Å². The van der Waals surface area contributed by atoms with Gasteiger partial charge in [0, 0.05) is 18.3 Å². The van der Waals surface area contributed by atoms with E-state index in [1.54, 1.807) is 6.20 Å². The van der Waals surface area contributed by atoms with Crippen molar-refractivity contribution in [3.63, 3.8) is 0 Å². The van der Waals surface area contributed by atoms with Crippen LogP contribution in [0.1, 0.15) is 16.8 Å². The standard InChI is InChI=1S/C14H19N5O/c1-10-4-3-5-11(2)14(10)16-13(20)9-19-8-12(6-7-15)17-18-19/h3-5,8H,6-7,9,15H2,1-2H3,(H,16,20). The van der Waals surface area contributed by atoms with E-state index >= 15 is 0 Å². The minimum absolute atomic E-state index is 0.119. The summed E-state index contributed by atoms with van der Waals surface area (Å²) in [6.45, 7) is 4.60. The minimum Gasteiger partial charge on any atom is -0.330 e. The van der Waals surface area contributed by atoms with Gasteiger partial charge in [-0.3, -0.25) is 4.79 Å². The van der Waals surface area contributed by atoms with E-state index in [9.17, 15) is 4.79 Å². The second-order valence-corrected chi connectivity index (χ2v) is 4.76. The SMILES string of the molecule is Cc1cccc(C)c1NC(=O)Cn1cc(CCN)nn1. The van der Waals surface area contributed by atoms with Crippen molar-refractivity contribution >= 4 is 11.6 Å². The highest BCUT2D eigenvalue weighted by molar-refractivity contribution is 5.92. The van der Waals surface area contributed by atoms with Gasteiger partial charge in [0.25, 0.3) is 0 Å². The molecule has 0 atom stereocenters. The van der Waals surface area contributed by atoms with Crippen LogP contribution in [0.5, 0.6) is 0 Å². The number of carbonyl (C=O) groups is 1. The van der Waals surface area contributed by atoms with Gasteiger partial charge in [0.15, 0.2) is 0 Å². The number of anilines is 1. The fourth-order valence-corrected chi connectivity index (χ4v) is 2.02. The van der Waals surface area contributed by atoms with Crippen molar-refractivity contribution in [1.29, 1.82) is 0 Å². The predicted octanol–water partition coefficient (Wildman–Crippen LogP) is 1.03. The average Bonchev–Trinajstić information content (AvgIpc) is 2.82. The van der Waals surface area contributed by atoms with Crippen molar-refractivity contribution in [3.05, 3.63) is 41.2 Å². The molecule has 0 bridgehead atoms. The minimum atomic E-state index is -0.119. The molecule has 106 valence electrons. The topological polar surface area (TPSA) is 85.8 Å². The van der Waals surface area contributed by atoms with Crippen LogP contribution in [0.2, 0.25) is 0 Å². The van der Waals surface area contributed by atoms with Gasteiger partial charge in [-0.1, -0.05) is 23.4 Å². The lowest BCUT2D eigenvalue weighted by atomic mass is 10.1. The molecule has 1 amide bonds. The van der Waals surface area contributed by atoms with Crippen molar-refractivity contribution < 1.29 is 4.79 Å². The number of hydrogen-bond donors (Lipinski definition) is 2. The number of rotatable bonds is 5. The van der Waals surface area contributed by atoms with Crippen molar-refractivity contribution in [2.24, 2.45) is 5.73 Å². The first-order valence-electron chi connectivity index (χ1n) is 6.55. The molecule has 0 saturated heterocycles. The molecular formula is C14H19N5O. The Hall–Kier alpha value is -2.21. The van der Waals surface area contributed by atoms with Crippen molar-refractivity contribution in [2.75, 3.05) is 11.9 Å². The second kappa shape index (κ2) is 6.29. The molecule has 0 spiro atoms. The van der Waals surface area contributed by atoms with E-state index < -0.39 is 0 Å². The highest BCUT2D eigenvalue weighted by Gasteiger charge is 2.09. The molecule has 1 heterocycles. The molecule has 0 saturated carbocycles. The zero-order valence-corrected chi connectivity index (χ0v) is 11.8. The number of para-hydroxylation sites is 1. The summed E-state index contributed by atoms with van der Waals surface area (Å²) >= 11 is 0. The van der Waals surface area contributed by atoms with Crippen molar-refractivity contribution in [3.8, 4) is 0 Å². The van der Waals surface area contributed by atoms with E-state index in [0.29, 0.717) is 13.0 Å². The van der Waals surface area contributed by atoms with Crippen LogP contribution in [0.25, 0.3) is 0 Å². The van der Waals surface area contributed by atoms with Gasteiger partial charge in [0.1, 0.15) is 6.54 Å². The largest absolute Gasteiger partial charge is 0.330 e. The number of nitrogens with one attached hydrogen (secondary N) is 1. The van der Waals surface area contributed by atoms with Gasteiger partial charge in [-0.05, 0) is 31.5 Å². The van der Waals surface area contributed by atoms with E-state index in [2.05, 4.69) is 15.6 Å². The van der Waals surface area contributed by atoms with Gasteiger partial charge >= 0.3 is 0 Å². The number of aryl methyl sites for hydroxylation is 2. The normalized spacial score (nSPS) is 10.6. The van der Waals surface area contributed by atoms with Gasteiger partial charge in [0.05, 0.1) is 5.69 Å². The molecule has 0 aliphatic carbocycles. The summed E-state index contributed by atoms with van der Waals surface area (Å²) < 4.78 is 1.52. The van der Waals surface area contributed by atoms with Crippen LogP contribution in [-0.4, -0.2) is 27.4 Å². The Bertz CT molecular complexity index is 585. The lowest BCUT2D eigenvalue weighted by Gasteiger charge is -2.11. The molecule has 1 aromatic heterocycles. The Morgan fingerprint density at radius 3 is 2.70 bits per heavy atom. The number of carbonyl (C=O) groups excluding carboxylic acids is 1. The summed E-state index contributed by atoms with van der Waals surface area (Å²) in [5.74, 6) is -0.119. The molecule has 1 aromatic carbocycles. The summed E-state index contributed by atoms with van der Waals surface area (Å²) in [7, 11) is 0. The molecular weight excluding hydrogens is 254 g/mol. The fraction of sp³-hybridized carbons (Fsp3) is 0.357. The zero-order valence-electron chi connectivity index (χ0n) is 11.8. The van der Waals surface area contributed by atoms with E-state index in [-0.39, 0.29) is 12.5 Å². The first-order chi connectivity index (χ1) is 9.60. The van der Waals surface area contributed by atoms with Crippen molar-refractivity contribution in [2.45, 2.75) is 26.8 Å². The number of aromatic nitrogens is 3. The van der Waals surface area contributed by atoms with Crippen LogP contribution in [0.15, 0.2) is 24.4 Å². The van der Waals surface area contributed by atoms with Crippen LogP contribution in [0.4, 0.5) is 5.69 Å². The van der Waals surface area contributed by atoms with E-state index in [0.717, 1.165) is 22.5 Å². The van der Waals surface area contributed by atoms with Crippen molar-refractivity contribution in [1.82, 2.24) is 15.0 Å². The van der Waals surface area contributed by atoms with E-state index in [4.69, 9.17) is 5.73 Å². The molecule has 0 aliphatic heterocycles. The third-order valence-electron chi connectivity index (χ3n) is 3.04. The Balaban J connectivity index is 2.01. The number of nitrogens with zero attached hydrogens (tertiary/aromatic N) is 3. The van der Waals surface area contributed by atoms with Crippen LogP contribution in [0, 0.1) is 13.8 Å². The number of benzene rings is 1. The number of nitrogens with two attached hydrogens (primary N) is 1. The molecule has 2 aromatic rings. The predicted molar refractivity (Wildman–Crippen MR) is 77.3 cm³/mol. The molecule has 20 heavy (non-hydrogen) atoms. The van der Waals surface area contributed by atoms with Gasteiger partial charge in [-0.15, -0.1) is 5.10 Å². The van der Waals surface area contributed by atoms with E-state index in [1.165, 1.54) is 4.68 Å². The zero-order chi connectivity index (χ0) is 14.5. The molecule has 0 fully saturated rings. The average molecular weight is 273 g/mol. The summed E-state index contributed by atoms with van der Waals surface area (Å²) in [6.07, 6.45) is 2.41. The number of amides is 1. The molecule has 6 heteroatoms. The third-order valence-corrected chi connectivity index (χ3v) is 3.04. The maximum Gasteiger partial charge on any atom is 0.246 e. The number of hydrogen-bond acceptors (Lipinski definition) is 4. The molecule has 0 aliphatic rings. The molecule has 0 unspecified atom stereocenters. The highest BCUT2D eigenvalue weighted by atomic mass is 16.2. The van der Waals surface area contributed by atoms with Gasteiger partial charge in [-0.2, -0.15) is 0 Å². The summed E-state index contributed by atoms with van der Waals surface area (Å²) in [5.41, 5.74) is 9.19. The fourth-order valence-electron chi connectivity index (χ4n) is 2.02. The molecule has 3 N–H and O–H groups in total. The third kappa shape index (κ3) is 3.42. The van der Waals surface area contributed by atoms with Crippen LogP contribution in [-0.2, 0) is 17.8 Å². The highest BCUT2D eigenvalue weighted by Crippen LogP contribution is 2.19. The quantitative estimate of drug-likeness (QED) is 0.852. The summed E-state index contributed by atoms with van der Waals surface area (Å²) in [5, 5.41) is 10.8. The van der Waals surface area contributed by atoms with Gasteiger partial charge in [0.2, 0.25) is 5.91 Å². The lowest BCUT2D eigenvalue weighted by Crippen LogP contribution is -2.20. The molecule has 6 nitrogen and oxygen atoms in total. The second-order valence-electron chi connectivity index (χ2n) is 4.76. The van der Waals surface area contributed by atoms with E-state index in [1.807, 2.05) is 32.0 Å². The Morgan fingerprint density at radius 1 is 1.35 bits per heavy atom. The Morgan fingerprint density at radius 2 is 2.05 bits per heavy atom.